The molecule has 0 aliphatic carbocycles. The van der Waals surface area contributed by atoms with Crippen molar-refractivity contribution in [3.63, 3.8) is 0 Å². The topological polar surface area (TPSA) is 156 Å². The van der Waals surface area contributed by atoms with Gasteiger partial charge >= 0.3 is 13.7 Å². The van der Waals surface area contributed by atoms with Gasteiger partial charge in [-0.05, 0) is 32.9 Å². The average molecular weight is 535 g/mol. The van der Waals surface area contributed by atoms with Gasteiger partial charge in [0.2, 0.25) is 0 Å². The maximum Gasteiger partial charge on any atom is 0.459 e. The van der Waals surface area contributed by atoms with E-state index in [0.717, 1.165) is 6.08 Å². The Morgan fingerprint density at radius 1 is 1.41 bits per heavy atom. The number of carbonyl (C=O) groups excluding carboxylic acids is 2. The summed E-state index contributed by atoms with van der Waals surface area (Å²) >= 11 is 0. The number of hydrogen-bond donors (Lipinski definition) is 4. The van der Waals surface area contributed by atoms with Gasteiger partial charge in [-0.15, -0.1) is 6.42 Å². The number of carbonyl (C=O) groups is 2. The maximum absolute atomic E-state index is 13.8. The Labute approximate surface area is 214 Å². The molecule has 12 nitrogen and oxygen atoms in total. The number of esters is 1. The van der Waals surface area contributed by atoms with Crippen LogP contribution in [0.1, 0.15) is 20.8 Å². The van der Waals surface area contributed by atoms with Gasteiger partial charge in [0.05, 0.1) is 13.2 Å². The molecule has 2 aliphatic heterocycles. The molecule has 3 rings (SSSR count). The van der Waals surface area contributed by atoms with Gasteiger partial charge in [0.1, 0.15) is 29.3 Å². The number of nitrogens with one attached hydrogen (secondary N) is 2. The minimum absolute atomic E-state index is 0.0517. The lowest BCUT2D eigenvalue weighted by atomic mass is 9.94. The Balaban J connectivity index is 1.83. The lowest BCUT2D eigenvalue weighted by Crippen LogP contribution is -2.54. The first-order chi connectivity index (χ1) is 17.3. The van der Waals surface area contributed by atoms with E-state index in [1.54, 1.807) is 25.1 Å². The highest BCUT2D eigenvalue weighted by Crippen LogP contribution is 2.47. The van der Waals surface area contributed by atoms with Crippen LogP contribution in [-0.2, 0) is 28.2 Å². The molecule has 1 aromatic carbocycles. The van der Waals surface area contributed by atoms with Gasteiger partial charge in [0, 0.05) is 12.3 Å². The first kappa shape index (κ1) is 28.4. The van der Waals surface area contributed by atoms with Crippen molar-refractivity contribution in [2.45, 2.75) is 50.3 Å². The Morgan fingerprint density at radius 2 is 2.08 bits per heavy atom. The predicted octanol–water partition coefficient (Wildman–Crippen LogP) is 0.988. The number of benzene rings is 1. The first-order valence-corrected chi connectivity index (χ1v) is 12.9. The summed E-state index contributed by atoms with van der Waals surface area (Å²) < 4.78 is 35.8. The van der Waals surface area contributed by atoms with Gasteiger partial charge in [0.15, 0.2) is 11.8 Å². The van der Waals surface area contributed by atoms with Crippen molar-refractivity contribution >= 4 is 19.6 Å². The van der Waals surface area contributed by atoms with Crippen molar-refractivity contribution in [1.29, 1.82) is 0 Å². The number of para-hydroxylation sites is 1. The molecule has 5 atom stereocenters. The number of terminal acetylenes is 1. The van der Waals surface area contributed by atoms with E-state index < -0.39 is 55.8 Å². The van der Waals surface area contributed by atoms with Crippen LogP contribution in [0.15, 0.2) is 55.0 Å². The maximum atomic E-state index is 13.8. The summed E-state index contributed by atoms with van der Waals surface area (Å²) in [4.78, 5) is 25.2. The molecule has 37 heavy (non-hydrogen) atoms. The second-order valence-corrected chi connectivity index (χ2v) is 10.4. The van der Waals surface area contributed by atoms with Crippen molar-refractivity contribution in [2.75, 3.05) is 13.2 Å². The van der Waals surface area contributed by atoms with Crippen LogP contribution in [0.25, 0.3) is 0 Å². The highest BCUT2D eigenvalue weighted by atomic mass is 31.2. The Hall–Kier alpha value is -3.17. The molecule has 2 aliphatic rings. The lowest BCUT2D eigenvalue weighted by Gasteiger charge is -2.36. The van der Waals surface area contributed by atoms with Gasteiger partial charge in [-0.25, -0.2) is 4.57 Å². The van der Waals surface area contributed by atoms with E-state index in [9.17, 15) is 24.4 Å². The van der Waals surface area contributed by atoms with Crippen molar-refractivity contribution in [3.8, 4) is 18.1 Å². The van der Waals surface area contributed by atoms with E-state index >= 15 is 0 Å². The number of aliphatic hydroxyl groups excluding tert-OH is 1. The van der Waals surface area contributed by atoms with Gasteiger partial charge in [-0.2, -0.15) is 5.09 Å². The van der Waals surface area contributed by atoms with Crippen molar-refractivity contribution < 1.29 is 42.9 Å². The molecular formula is C24H30N3O9P. The van der Waals surface area contributed by atoms with Crippen molar-refractivity contribution in [2.24, 2.45) is 0 Å². The number of nitrogens with zero attached hydrogens (tertiary/aromatic N) is 1. The van der Waals surface area contributed by atoms with Crippen LogP contribution in [0.4, 0.5) is 0 Å². The van der Waals surface area contributed by atoms with Gasteiger partial charge in [0.25, 0.3) is 5.91 Å². The first-order valence-electron chi connectivity index (χ1n) is 11.3. The molecule has 0 bridgehead atoms. The van der Waals surface area contributed by atoms with Crippen LogP contribution >= 0.6 is 7.75 Å². The molecule has 0 aromatic heterocycles. The summed E-state index contributed by atoms with van der Waals surface area (Å²) in [5, 5.41) is 26.9. The van der Waals surface area contributed by atoms with Crippen LogP contribution in [0, 0.1) is 12.3 Å². The average Bonchev–Trinajstić information content (AvgIpc) is 3.09. The molecule has 13 heteroatoms. The molecule has 0 spiro atoms. The van der Waals surface area contributed by atoms with E-state index in [4.69, 9.17) is 24.9 Å². The SMILES string of the molecule is C#C[C@@]1(O)[C@H](O)[C@@H](COP(=O)(NC(C)(C)C(=O)OCC)Oc2ccccc2)O[C@H]1N1C=CC(=O)NC1=C. The van der Waals surface area contributed by atoms with E-state index in [-0.39, 0.29) is 18.2 Å². The molecule has 1 fully saturated rings. The number of hydrogen-bond acceptors (Lipinski definition) is 10. The third-order valence-corrected chi connectivity index (χ3v) is 7.29. The zero-order chi connectivity index (χ0) is 27.4. The Morgan fingerprint density at radius 3 is 2.68 bits per heavy atom. The number of ether oxygens (including phenoxy) is 2. The normalized spacial score (nSPS) is 27.2. The molecule has 200 valence electrons. The molecule has 2 heterocycles. The van der Waals surface area contributed by atoms with Crippen LogP contribution in [-0.4, -0.2) is 69.8 Å². The van der Waals surface area contributed by atoms with Crippen molar-refractivity contribution in [1.82, 2.24) is 15.3 Å². The van der Waals surface area contributed by atoms with E-state index in [1.807, 2.05) is 0 Å². The minimum Gasteiger partial charge on any atom is -0.465 e. The molecule has 1 unspecified atom stereocenters. The fraction of sp³-hybridized carbons (Fsp3) is 0.417. The zero-order valence-corrected chi connectivity index (χ0v) is 21.5. The fourth-order valence-electron chi connectivity index (χ4n) is 3.62. The fourth-order valence-corrected chi connectivity index (χ4v) is 5.30. The summed E-state index contributed by atoms with van der Waals surface area (Å²) in [6, 6.07) is 8.09. The van der Waals surface area contributed by atoms with Crippen LogP contribution in [0.5, 0.6) is 5.75 Å². The van der Waals surface area contributed by atoms with E-state index in [2.05, 4.69) is 22.9 Å². The Kier molecular flexibility index (Phi) is 8.49. The molecular weight excluding hydrogens is 505 g/mol. The monoisotopic (exact) mass is 535 g/mol. The lowest BCUT2D eigenvalue weighted by molar-refractivity contribution is -0.149. The highest BCUT2D eigenvalue weighted by molar-refractivity contribution is 7.52. The predicted molar refractivity (Wildman–Crippen MR) is 131 cm³/mol. The molecule has 1 amide bonds. The molecule has 1 saturated heterocycles. The summed E-state index contributed by atoms with van der Waals surface area (Å²) in [6.07, 6.45) is 3.60. The Bertz CT molecular complexity index is 1150. The molecule has 0 radical (unpaired) electrons. The summed E-state index contributed by atoms with van der Waals surface area (Å²) in [5.74, 6) is 1.20. The second kappa shape index (κ2) is 11.1. The molecule has 0 saturated carbocycles. The summed E-state index contributed by atoms with van der Waals surface area (Å²) in [7, 11) is -4.32. The summed E-state index contributed by atoms with van der Waals surface area (Å²) in [5.41, 5.74) is -3.75. The van der Waals surface area contributed by atoms with Gasteiger partial charge < -0.3 is 34.4 Å². The molecule has 4 N–H and O–H groups in total. The standard InChI is InChI=1S/C24H30N3O9P/c1-6-24(31)20(29)18(35-21(24)27-14-13-19(28)25-16(27)3)15-34-37(32,36-17-11-9-8-10-12-17)26-23(4,5)22(30)33-7-2/h1,8-14,18,20-21,29,31H,3,7,15H2,2,4-5H3,(H,25,28)(H,26,32)/t18-,20-,21-,24-,37?/m1/s1. The zero-order valence-electron chi connectivity index (χ0n) is 20.6. The van der Waals surface area contributed by atoms with Gasteiger partial charge in [-0.1, -0.05) is 30.7 Å². The highest BCUT2D eigenvalue weighted by Gasteiger charge is 2.58. The molecule has 1 aromatic rings. The quantitative estimate of drug-likeness (QED) is 0.193. The number of amides is 1. The summed E-state index contributed by atoms with van der Waals surface area (Å²) in [6.45, 7) is 7.72. The van der Waals surface area contributed by atoms with Crippen LogP contribution in [0.2, 0.25) is 0 Å². The third-order valence-electron chi connectivity index (χ3n) is 5.51. The van der Waals surface area contributed by atoms with Crippen LogP contribution < -0.4 is 14.9 Å². The van der Waals surface area contributed by atoms with E-state index in [1.165, 1.54) is 37.1 Å². The smallest absolute Gasteiger partial charge is 0.459 e. The largest absolute Gasteiger partial charge is 0.465 e. The number of rotatable bonds is 10. The third kappa shape index (κ3) is 6.22. The second-order valence-electron chi connectivity index (χ2n) is 8.76. The van der Waals surface area contributed by atoms with Crippen molar-refractivity contribution in [3.05, 3.63) is 55.0 Å². The van der Waals surface area contributed by atoms with Gasteiger partial charge in [-0.3, -0.25) is 14.1 Å². The van der Waals surface area contributed by atoms with E-state index in [0.29, 0.717) is 0 Å². The van der Waals surface area contributed by atoms with Crippen LogP contribution in [0.3, 0.4) is 0 Å². The number of aliphatic hydroxyl groups is 2. The minimum atomic E-state index is -4.32.